The van der Waals surface area contributed by atoms with Gasteiger partial charge in [0.25, 0.3) is 11.8 Å². The number of imidazole rings is 1. The second-order valence-electron chi connectivity index (χ2n) is 8.01. The maximum atomic E-state index is 12.9. The molecule has 1 aliphatic heterocycles. The fraction of sp³-hybridized carbons (Fsp3) is 0.154. The number of para-hydroxylation sites is 2. The van der Waals surface area contributed by atoms with Crippen LogP contribution in [0.1, 0.15) is 44.6 Å². The van der Waals surface area contributed by atoms with Gasteiger partial charge in [0.2, 0.25) is 5.91 Å². The summed E-state index contributed by atoms with van der Waals surface area (Å²) in [5.41, 5.74) is 3.54. The zero-order chi connectivity index (χ0) is 22.8. The lowest BCUT2D eigenvalue weighted by molar-refractivity contribution is -0.122. The van der Waals surface area contributed by atoms with Gasteiger partial charge in [-0.25, -0.2) is 4.98 Å². The zero-order valence-corrected chi connectivity index (χ0v) is 17.8. The van der Waals surface area contributed by atoms with Crippen molar-refractivity contribution in [1.82, 2.24) is 20.2 Å². The molecule has 2 N–H and O–H groups in total. The number of fused-ring (bicyclic) bond motifs is 2. The highest BCUT2D eigenvalue weighted by atomic mass is 16.2. The smallest absolute Gasteiger partial charge is 0.261 e. The first-order chi connectivity index (χ1) is 16.1. The molecule has 7 nitrogen and oxygen atoms in total. The molecule has 0 saturated heterocycles. The molecule has 0 unspecified atom stereocenters. The van der Waals surface area contributed by atoms with Gasteiger partial charge in [-0.2, -0.15) is 0 Å². The van der Waals surface area contributed by atoms with Crippen LogP contribution in [-0.4, -0.2) is 39.1 Å². The number of H-pyrrole nitrogens is 1. The molecule has 0 radical (unpaired) electrons. The number of aromatic nitrogens is 2. The first-order valence-corrected chi connectivity index (χ1v) is 10.8. The highest BCUT2D eigenvalue weighted by Gasteiger charge is 2.35. The van der Waals surface area contributed by atoms with Crippen molar-refractivity contribution >= 4 is 28.8 Å². The van der Waals surface area contributed by atoms with Crippen molar-refractivity contribution in [2.75, 3.05) is 6.54 Å². The Bertz CT molecular complexity index is 1280. The molecule has 33 heavy (non-hydrogen) atoms. The Balaban J connectivity index is 1.31. The zero-order valence-electron chi connectivity index (χ0n) is 17.8. The Morgan fingerprint density at radius 1 is 0.879 bits per heavy atom. The van der Waals surface area contributed by atoms with Crippen molar-refractivity contribution in [3.63, 3.8) is 0 Å². The maximum Gasteiger partial charge on any atom is 0.261 e. The van der Waals surface area contributed by atoms with Crippen LogP contribution in [0.15, 0.2) is 78.9 Å². The number of hydrogen-bond donors (Lipinski definition) is 2. The topological polar surface area (TPSA) is 95.2 Å². The van der Waals surface area contributed by atoms with Crippen LogP contribution in [0.25, 0.3) is 11.0 Å². The van der Waals surface area contributed by atoms with E-state index < -0.39 is 0 Å². The number of carbonyl (C=O) groups is 3. The first-order valence-electron chi connectivity index (χ1n) is 10.8. The minimum absolute atomic E-state index is 0.0109. The quantitative estimate of drug-likeness (QED) is 0.431. The average Bonchev–Trinajstić information content (AvgIpc) is 3.38. The molecule has 2 heterocycles. The van der Waals surface area contributed by atoms with Crippen LogP contribution in [0.3, 0.4) is 0 Å². The van der Waals surface area contributed by atoms with Gasteiger partial charge in [0.1, 0.15) is 5.82 Å². The van der Waals surface area contributed by atoms with E-state index in [1.165, 1.54) is 0 Å². The normalized spacial score (nSPS) is 13.9. The lowest BCUT2D eigenvalue weighted by Crippen LogP contribution is -2.36. The number of amides is 3. The van der Waals surface area contributed by atoms with Crippen molar-refractivity contribution in [1.29, 1.82) is 0 Å². The molecule has 1 aliphatic rings. The predicted molar refractivity (Wildman–Crippen MR) is 124 cm³/mol. The van der Waals surface area contributed by atoms with E-state index in [0.29, 0.717) is 23.4 Å². The minimum Gasteiger partial charge on any atom is -0.346 e. The first kappa shape index (κ1) is 20.6. The third-order valence-corrected chi connectivity index (χ3v) is 5.80. The summed E-state index contributed by atoms with van der Waals surface area (Å²) in [7, 11) is 0. The Kier molecular flexibility index (Phi) is 5.44. The number of benzene rings is 3. The highest BCUT2D eigenvalue weighted by Crippen LogP contribution is 2.23. The van der Waals surface area contributed by atoms with Crippen LogP contribution in [0.2, 0.25) is 0 Å². The molecular formula is C26H22N4O3. The Hall–Kier alpha value is -4.26. The largest absolute Gasteiger partial charge is 0.346 e. The van der Waals surface area contributed by atoms with Gasteiger partial charge in [-0.1, -0.05) is 54.6 Å². The van der Waals surface area contributed by atoms with Crippen LogP contribution in [0, 0.1) is 0 Å². The van der Waals surface area contributed by atoms with Gasteiger partial charge < -0.3 is 10.3 Å². The number of imide groups is 1. The molecule has 1 atom stereocenters. The molecule has 0 fully saturated rings. The molecule has 0 aliphatic carbocycles. The SMILES string of the molecule is O=C(CCN1C(=O)c2ccccc2C1=O)N[C@@H](Cc1ccccc1)c1nc2ccccc2[nH]1. The Morgan fingerprint density at radius 2 is 1.52 bits per heavy atom. The molecule has 4 aromatic rings. The van der Waals surface area contributed by atoms with Crippen LogP contribution in [0.4, 0.5) is 0 Å². The van der Waals surface area contributed by atoms with Gasteiger partial charge >= 0.3 is 0 Å². The predicted octanol–water partition coefficient (Wildman–Crippen LogP) is 3.65. The summed E-state index contributed by atoms with van der Waals surface area (Å²) in [6.07, 6.45) is 0.566. The summed E-state index contributed by atoms with van der Waals surface area (Å²) in [4.78, 5) is 47.1. The molecule has 3 amide bonds. The van der Waals surface area contributed by atoms with Gasteiger partial charge in [-0.05, 0) is 36.2 Å². The van der Waals surface area contributed by atoms with E-state index in [4.69, 9.17) is 0 Å². The van der Waals surface area contributed by atoms with Gasteiger partial charge in [0.15, 0.2) is 0 Å². The second-order valence-corrected chi connectivity index (χ2v) is 8.01. The molecule has 0 bridgehead atoms. The van der Waals surface area contributed by atoms with Crippen molar-refractivity contribution in [2.45, 2.75) is 18.9 Å². The molecule has 0 spiro atoms. The monoisotopic (exact) mass is 438 g/mol. The molecule has 164 valence electrons. The fourth-order valence-electron chi connectivity index (χ4n) is 4.13. The van der Waals surface area contributed by atoms with Crippen LogP contribution in [0.5, 0.6) is 0 Å². The van der Waals surface area contributed by atoms with Crippen molar-refractivity contribution in [3.8, 4) is 0 Å². The standard InChI is InChI=1S/C26H22N4O3/c31-23(14-15-30-25(32)18-10-4-5-11-19(18)26(30)33)27-22(16-17-8-2-1-3-9-17)24-28-20-12-6-7-13-21(20)29-24/h1-13,22H,14-16H2,(H,27,31)(H,28,29)/t22-/m0/s1. The number of nitrogens with zero attached hydrogens (tertiary/aromatic N) is 2. The number of rotatable bonds is 7. The number of hydrogen-bond acceptors (Lipinski definition) is 4. The summed E-state index contributed by atoms with van der Waals surface area (Å²) in [5, 5.41) is 3.04. The van der Waals surface area contributed by atoms with Gasteiger partial charge in [-0.15, -0.1) is 0 Å². The number of nitrogens with one attached hydrogen (secondary N) is 2. The van der Waals surface area contributed by atoms with E-state index in [2.05, 4.69) is 15.3 Å². The van der Waals surface area contributed by atoms with Crippen LogP contribution >= 0.6 is 0 Å². The van der Waals surface area contributed by atoms with Gasteiger partial charge in [-0.3, -0.25) is 19.3 Å². The lowest BCUT2D eigenvalue weighted by Gasteiger charge is -2.18. The van der Waals surface area contributed by atoms with E-state index in [1.54, 1.807) is 24.3 Å². The second kappa shape index (κ2) is 8.70. The summed E-state index contributed by atoms with van der Waals surface area (Å²) in [5.74, 6) is -0.315. The van der Waals surface area contributed by atoms with E-state index in [-0.39, 0.29) is 36.7 Å². The van der Waals surface area contributed by atoms with Gasteiger partial charge in [0.05, 0.1) is 28.2 Å². The van der Waals surface area contributed by atoms with E-state index in [9.17, 15) is 14.4 Å². The molecule has 1 aromatic heterocycles. The average molecular weight is 438 g/mol. The van der Waals surface area contributed by atoms with E-state index in [1.807, 2.05) is 54.6 Å². The highest BCUT2D eigenvalue weighted by molar-refractivity contribution is 6.21. The van der Waals surface area contributed by atoms with Crippen molar-refractivity contribution < 1.29 is 14.4 Å². The maximum absolute atomic E-state index is 12.9. The minimum atomic E-state index is -0.380. The van der Waals surface area contributed by atoms with E-state index in [0.717, 1.165) is 21.5 Å². The number of aromatic amines is 1. The Labute approximate surface area is 190 Å². The van der Waals surface area contributed by atoms with Gasteiger partial charge in [0, 0.05) is 13.0 Å². The fourth-order valence-corrected chi connectivity index (χ4v) is 4.13. The molecule has 7 heteroatoms. The summed E-state index contributed by atoms with van der Waals surface area (Å²) >= 11 is 0. The molecule has 5 rings (SSSR count). The van der Waals surface area contributed by atoms with Crippen molar-refractivity contribution in [2.24, 2.45) is 0 Å². The summed E-state index contributed by atoms with van der Waals surface area (Å²) in [6, 6.07) is 23.9. The lowest BCUT2D eigenvalue weighted by atomic mass is 10.1. The summed E-state index contributed by atoms with van der Waals surface area (Å²) < 4.78 is 0. The van der Waals surface area contributed by atoms with E-state index >= 15 is 0 Å². The van der Waals surface area contributed by atoms with Crippen molar-refractivity contribution in [3.05, 3.63) is 101 Å². The molecule has 0 saturated carbocycles. The van der Waals surface area contributed by atoms with Crippen LogP contribution in [-0.2, 0) is 11.2 Å². The molecule has 3 aromatic carbocycles. The number of carbonyl (C=O) groups excluding carboxylic acids is 3. The Morgan fingerprint density at radius 3 is 2.21 bits per heavy atom. The third-order valence-electron chi connectivity index (χ3n) is 5.80. The third kappa shape index (κ3) is 4.13. The summed E-state index contributed by atoms with van der Waals surface area (Å²) in [6.45, 7) is 0.0242. The van der Waals surface area contributed by atoms with Crippen LogP contribution < -0.4 is 5.32 Å². The molecular weight excluding hydrogens is 416 g/mol.